The first-order valence-corrected chi connectivity index (χ1v) is 9.03. The van der Waals surface area contributed by atoms with Crippen LogP contribution in [0.25, 0.3) is 0 Å². The van der Waals surface area contributed by atoms with Gasteiger partial charge in [0.15, 0.2) is 0 Å². The molecule has 1 aromatic rings. The molecule has 25 heavy (non-hydrogen) atoms. The third-order valence-corrected chi connectivity index (χ3v) is 5.58. The number of para-hydroxylation sites is 1. The van der Waals surface area contributed by atoms with Gasteiger partial charge in [-0.05, 0) is 31.4 Å². The number of rotatable bonds is 2. The van der Waals surface area contributed by atoms with Crippen LogP contribution < -0.4 is 4.90 Å². The lowest BCUT2D eigenvalue weighted by molar-refractivity contribution is -0.152. The van der Waals surface area contributed by atoms with E-state index in [2.05, 4.69) is 0 Å². The molecule has 1 spiro atoms. The van der Waals surface area contributed by atoms with Crippen LogP contribution in [0.3, 0.4) is 0 Å². The van der Waals surface area contributed by atoms with Crippen molar-refractivity contribution in [1.29, 1.82) is 0 Å². The molecule has 1 aromatic carbocycles. The van der Waals surface area contributed by atoms with E-state index in [0.717, 1.165) is 24.9 Å². The van der Waals surface area contributed by atoms with Gasteiger partial charge in [0.1, 0.15) is 6.61 Å². The number of morpholine rings is 1. The highest BCUT2D eigenvalue weighted by atomic mass is 16.5. The van der Waals surface area contributed by atoms with Gasteiger partial charge in [0, 0.05) is 25.4 Å². The monoisotopic (exact) mass is 344 g/mol. The summed E-state index contributed by atoms with van der Waals surface area (Å²) in [7, 11) is 0. The quantitative estimate of drug-likeness (QED) is 0.815. The second-order valence-corrected chi connectivity index (χ2v) is 7.17. The van der Waals surface area contributed by atoms with Crippen molar-refractivity contribution in [2.24, 2.45) is 5.92 Å². The van der Waals surface area contributed by atoms with E-state index in [9.17, 15) is 9.59 Å². The van der Waals surface area contributed by atoms with Gasteiger partial charge >= 0.3 is 0 Å². The maximum atomic E-state index is 12.6. The molecule has 3 heterocycles. The number of carbonyl (C=O) groups excluding carboxylic acids is 2. The maximum absolute atomic E-state index is 12.6. The third-order valence-electron chi connectivity index (χ3n) is 5.58. The summed E-state index contributed by atoms with van der Waals surface area (Å²) in [4.78, 5) is 28.6. The van der Waals surface area contributed by atoms with Crippen molar-refractivity contribution in [2.75, 3.05) is 44.4 Å². The average molecular weight is 344 g/mol. The summed E-state index contributed by atoms with van der Waals surface area (Å²) in [5.74, 6) is 0.223. The van der Waals surface area contributed by atoms with Crippen LogP contribution in [0.2, 0.25) is 0 Å². The Hall–Kier alpha value is -1.92. The molecule has 0 N–H and O–H groups in total. The van der Waals surface area contributed by atoms with Crippen molar-refractivity contribution >= 4 is 17.5 Å². The van der Waals surface area contributed by atoms with Crippen LogP contribution in [0.15, 0.2) is 30.3 Å². The standard InChI is InChI=1S/C19H24N2O4/c22-17-13-25-19(14-21(17)16-4-2-1-3-5-16)7-9-20(10-8-19)18(23)15-6-11-24-12-15/h1-5,15H,6-14H2/t15-/m1/s1. The van der Waals surface area contributed by atoms with Crippen molar-refractivity contribution in [2.45, 2.75) is 24.9 Å². The van der Waals surface area contributed by atoms with E-state index < -0.39 is 0 Å². The Labute approximate surface area is 147 Å². The summed E-state index contributed by atoms with van der Waals surface area (Å²) in [5, 5.41) is 0. The van der Waals surface area contributed by atoms with Crippen LogP contribution in [-0.2, 0) is 19.1 Å². The number of hydrogen-bond acceptors (Lipinski definition) is 4. The fraction of sp³-hybridized carbons (Fsp3) is 0.579. The number of nitrogens with zero attached hydrogens (tertiary/aromatic N) is 2. The van der Waals surface area contributed by atoms with E-state index in [-0.39, 0.29) is 29.9 Å². The van der Waals surface area contributed by atoms with Gasteiger partial charge in [-0.1, -0.05) is 18.2 Å². The minimum Gasteiger partial charge on any atom is -0.381 e. The molecule has 3 aliphatic rings. The van der Waals surface area contributed by atoms with Gasteiger partial charge in [0.2, 0.25) is 5.91 Å². The van der Waals surface area contributed by atoms with E-state index in [1.807, 2.05) is 40.1 Å². The zero-order valence-electron chi connectivity index (χ0n) is 14.4. The third kappa shape index (κ3) is 3.28. The second kappa shape index (κ2) is 6.77. The Morgan fingerprint density at radius 2 is 1.92 bits per heavy atom. The van der Waals surface area contributed by atoms with Crippen molar-refractivity contribution in [1.82, 2.24) is 4.90 Å². The number of piperidine rings is 1. The van der Waals surface area contributed by atoms with Gasteiger partial charge in [-0.2, -0.15) is 0 Å². The summed E-state index contributed by atoms with van der Waals surface area (Å²) >= 11 is 0. The summed E-state index contributed by atoms with van der Waals surface area (Å²) in [6, 6.07) is 9.73. The van der Waals surface area contributed by atoms with Gasteiger partial charge in [-0.15, -0.1) is 0 Å². The number of hydrogen-bond donors (Lipinski definition) is 0. The number of amides is 2. The summed E-state index contributed by atoms with van der Waals surface area (Å²) < 4.78 is 11.3. The van der Waals surface area contributed by atoms with Crippen LogP contribution in [0.5, 0.6) is 0 Å². The lowest BCUT2D eigenvalue weighted by Crippen LogP contribution is -2.59. The van der Waals surface area contributed by atoms with Crippen LogP contribution in [0.4, 0.5) is 5.69 Å². The summed E-state index contributed by atoms with van der Waals surface area (Å²) in [5.41, 5.74) is 0.573. The fourth-order valence-corrected chi connectivity index (χ4v) is 3.98. The molecule has 0 saturated carbocycles. The van der Waals surface area contributed by atoms with E-state index in [1.165, 1.54) is 0 Å². The SMILES string of the molecule is O=C([C@@H]1CCOC1)N1CCC2(CC1)CN(c1ccccc1)C(=O)CO2. The first-order valence-electron chi connectivity index (χ1n) is 9.03. The molecule has 0 aromatic heterocycles. The van der Waals surface area contributed by atoms with Crippen molar-refractivity contribution in [3.8, 4) is 0 Å². The number of carbonyl (C=O) groups is 2. The molecular formula is C19H24N2O4. The molecule has 0 radical (unpaired) electrons. The van der Waals surface area contributed by atoms with Crippen LogP contribution in [-0.4, -0.2) is 61.8 Å². The average Bonchev–Trinajstić information content (AvgIpc) is 3.20. The topological polar surface area (TPSA) is 59.1 Å². The predicted octanol–water partition coefficient (Wildman–Crippen LogP) is 1.45. The summed E-state index contributed by atoms with van der Waals surface area (Å²) in [6.07, 6.45) is 2.36. The molecule has 0 unspecified atom stereocenters. The molecule has 134 valence electrons. The van der Waals surface area contributed by atoms with Gasteiger partial charge in [0.25, 0.3) is 5.91 Å². The number of ether oxygens (including phenoxy) is 2. The van der Waals surface area contributed by atoms with Gasteiger partial charge < -0.3 is 19.3 Å². The molecule has 1 atom stereocenters. The largest absolute Gasteiger partial charge is 0.381 e. The van der Waals surface area contributed by atoms with Gasteiger partial charge in [-0.25, -0.2) is 0 Å². The number of benzene rings is 1. The van der Waals surface area contributed by atoms with E-state index >= 15 is 0 Å². The maximum Gasteiger partial charge on any atom is 0.253 e. The van der Waals surface area contributed by atoms with Crippen molar-refractivity contribution in [3.63, 3.8) is 0 Å². The molecule has 3 saturated heterocycles. The molecular weight excluding hydrogens is 320 g/mol. The Bertz CT molecular complexity index is 634. The molecule has 3 aliphatic heterocycles. The predicted molar refractivity (Wildman–Crippen MR) is 92.2 cm³/mol. The van der Waals surface area contributed by atoms with Crippen molar-refractivity contribution in [3.05, 3.63) is 30.3 Å². The van der Waals surface area contributed by atoms with Crippen LogP contribution in [0.1, 0.15) is 19.3 Å². The Kier molecular flexibility index (Phi) is 4.48. The fourth-order valence-electron chi connectivity index (χ4n) is 3.98. The molecule has 3 fully saturated rings. The lowest BCUT2D eigenvalue weighted by atomic mass is 9.88. The first kappa shape index (κ1) is 16.5. The minimum atomic E-state index is -0.341. The van der Waals surface area contributed by atoms with Gasteiger partial charge in [-0.3, -0.25) is 9.59 Å². The normalized spacial score (nSPS) is 26.2. The zero-order valence-corrected chi connectivity index (χ0v) is 14.4. The van der Waals surface area contributed by atoms with Crippen LogP contribution in [0, 0.1) is 5.92 Å². The highest BCUT2D eigenvalue weighted by molar-refractivity contribution is 5.95. The zero-order chi connectivity index (χ0) is 17.3. The first-order chi connectivity index (χ1) is 12.2. The molecule has 6 heteroatoms. The summed E-state index contributed by atoms with van der Waals surface area (Å²) in [6.45, 7) is 3.28. The number of likely N-dealkylation sites (tertiary alicyclic amines) is 1. The van der Waals surface area contributed by atoms with Crippen LogP contribution >= 0.6 is 0 Å². The molecule has 4 rings (SSSR count). The highest BCUT2D eigenvalue weighted by Gasteiger charge is 2.44. The van der Waals surface area contributed by atoms with E-state index in [1.54, 1.807) is 0 Å². The van der Waals surface area contributed by atoms with Crippen molar-refractivity contribution < 1.29 is 19.1 Å². The Morgan fingerprint density at radius 1 is 1.16 bits per heavy atom. The minimum absolute atomic E-state index is 0.00145. The molecule has 6 nitrogen and oxygen atoms in total. The Morgan fingerprint density at radius 3 is 2.60 bits per heavy atom. The molecule has 0 bridgehead atoms. The number of anilines is 1. The Balaban J connectivity index is 1.41. The molecule has 2 amide bonds. The highest BCUT2D eigenvalue weighted by Crippen LogP contribution is 2.33. The van der Waals surface area contributed by atoms with E-state index in [4.69, 9.17) is 9.47 Å². The smallest absolute Gasteiger partial charge is 0.253 e. The lowest BCUT2D eigenvalue weighted by Gasteiger charge is -2.47. The second-order valence-electron chi connectivity index (χ2n) is 7.17. The molecule has 0 aliphatic carbocycles. The van der Waals surface area contributed by atoms with Gasteiger partial charge in [0.05, 0.1) is 24.7 Å². The van der Waals surface area contributed by atoms with E-state index in [0.29, 0.717) is 32.8 Å².